The Kier molecular flexibility index (Phi) is 3.79. The third-order valence-corrected chi connectivity index (χ3v) is 3.76. The minimum atomic E-state index is 0.285. The van der Waals surface area contributed by atoms with E-state index in [2.05, 4.69) is 16.3 Å². The molecule has 1 heterocycles. The highest BCUT2D eigenvalue weighted by Gasteiger charge is 2.05. The molecule has 0 atom stereocenters. The van der Waals surface area contributed by atoms with Gasteiger partial charge in [0.15, 0.2) is 4.34 Å². The van der Waals surface area contributed by atoms with Gasteiger partial charge < -0.3 is 5.11 Å². The van der Waals surface area contributed by atoms with E-state index in [9.17, 15) is 0 Å². The Morgan fingerprint density at radius 2 is 2.06 bits per heavy atom. The van der Waals surface area contributed by atoms with Gasteiger partial charge in [0.05, 0.1) is 0 Å². The lowest BCUT2D eigenvalue weighted by atomic mass is 10.3. The van der Waals surface area contributed by atoms with Gasteiger partial charge in [-0.1, -0.05) is 18.7 Å². The van der Waals surface area contributed by atoms with Gasteiger partial charge in [-0.2, -0.15) is 4.37 Å². The Bertz CT molecular complexity index is 453. The summed E-state index contributed by atoms with van der Waals surface area (Å²) < 4.78 is 5.23. The van der Waals surface area contributed by atoms with E-state index in [-0.39, 0.29) is 5.75 Å². The molecule has 1 aromatic heterocycles. The number of hydrogen-bond donors (Lipinski definition) is 1. The van der Waals surface area contributed by atoms with Crippen molar-refractivity contribution in [3.8, 4) is 5.75 Å². The van der Waals surface area contributed by atoms with Crippen molar-refractivity contribution < 1.29 is 5.11 Å². The highest BCUT2D eigenvalue weighted by Crippen LogP contribution is 2.29. The normalized spacial score (nSPS) is 10.6. The topological polar surface area (TPSA) is 46.0 Å². The van der Waals surface area contributed by atoms with Crippen molar-refractivity contribution >= 4 is 23.3 Å². The molecule has 0 aliphatic carbocycles. The largest absolute Gasteiger partial charge is 0.508 e. The second-order valence-corrected chi connectivity index (χ2v) is 5.39. The Balaban J connectivity index is 2.05. The summed E-state index contributed by atoms with van der Waals surface area (Å²) in [5, 5.41) is 9.16. The summed E-state index contributed by atoms with van der Waals surface area (Å²) in [6.45, 7) is 2.12. The van der Waals surface area contributed by atoms with Crippen LogP contribution in [0.5, 0.6) is 5.75 Å². The molecule has 0 fully saturated rings. The predicted molar refractivity (Wildman–Crippen MR) is 66.1 cm³/mol. The Morgan fingerprint density at radius 1 is 1.31 bits per heavy atom. The summed E-state index contributed by atoms with van der Waals surface area (Å²) in [6, 6.07) is 7.11. The van der Waals surface area contributed by atoms with Crippen LogP contribution in [-0.4, -0.2) is 14.5 Å². The van der Waals surface area contributed by atoms with Gasteiger partial charge in [-0.05, 0) is 42.2 Å². The van der Waals surface area contributed by atoms with E-state index >= 15 is 0 Å². The fourth-order valence-corrected chi connectivity index (χ4v) is 2.86. The molecule has 0 aliphatic rings. The van der Waals surface area contributed by atoms with E-state index in [4.69, 9.17) is 5.11 Å². The summed E-state index contributed by atoms with van der Waals surface area (Å²) in [5.41, 5.74) is 0. The minimum Gasteiger partial charge on any atom is -0.508 e. The van der Waals surface area contributed by atoms with Gasteiger partial charge in [0.2, 0.25) is 0 Å². The minimum absolute atomic E-state index is 0.285. The number of hydrogen-bond acceptors (Lipinski definition) is 5. The van der Waals surface area contributed by atoms with Crippen LogP contribution in [-0.2, 0) is 6.42 Å². The zero-order valence-electron chi connectivity index (χ0n) is 8.88. The van der Waals surface area contributed by atoms with Crippen molar-refractivity contribution in [1.29, 1.82) is 0 Å². The van der Waals surface area contributed by atoms with Crippen LogP contribution in [0, 0.1) is 0 Å². The van der Waals surface area contributed by atoms with Crippen molar-refractivity contribution in [3.63, 3.8) is 0 Å². The smallest absolute Gasteiger partial charge is 0.174 e. The second-order valence-electron chi connectivity index (χ2n) is 3.32. The van der Waals surface area contributed by atoms with Crippen molar-refractivity contribution in [3.05, 3.63) is 30.1 Å². The summed E-state index contributed by atoms with van der Waals surface area (Å²) in [4.78, 5) is 5.49. The Labute approximate surface area is 103 Å². The highest BCUT2D eigenvalue weighted by atomic mass is 32.2. The van der Waals surface area contributed by atoms with Crippen LogP contribution >= 0.6 is 23.3 Å². The lowest BCUT2D eigenvalue weighted by Crippen LogP contribution is -1.84. The quantitative estimate of drug-likeness (QED) is 0.906. The molecule has 0 bridgehead atoms. The highest BCUT2D eigenvalue weighted by molar-refractivity contribution is 8.01. The molecule has 2 aromatic rings. The number of benzene rings is 1. The maximum Gasteiger partial charge on any atom is 0.174 e. The molecular formula is C11H12N2OS2. The number of rotatable bonds is 4. The zero-order valence-corrected chi connectivity index (χ0v) is 10.5. The van der Waals surface area contributed by atoms with Gasteiger partial charge in [-0.25, -0.2) is 4.98 Å². The van der Waals surface area contributed by atoms with Crippen molar-refractivity contribution in [2.24, 2.45) is 0 Å². The Hall–Kier alpha value is -1.07. The third kappa shape index (κ3) is 2.96. The molecule has 16 heavy (non-hydrogen) atoms. The monoisotopic (exact) mass is 252 g/mol. The molecular weight excluding hydrogens is 240 g/mol. The molecule has 1 N–H and O–H groups in total. The van der Waals surface area contributed by atoms with Crippen LogP contribution in [0.4, 0.5) is 0 Å². The number of aromatic hydroxyl groups is 1. The van der Waals surface area contributed by atoms with Gasteiger partial charge >= 0.3 is 0 Å². The second kappa shape index (κ2) is 5.32. The molecule has 2 rings (SSSR count). The summed E-state index contributed by atoms with van der Waals surface area (Å²) in [5.74, 6) is 1.21. The maximum absolute atomic E-state index is 9.16. The van der Waals surface area contributed by atoms with Gasteiger partial charge in [-0.15, -0.1) is 0 Å². The fraction of sp³-hybridized carbons (Fsp3) is 0.273. The van der Waals surface area contributed by atoms with Gasteiger partial charge in [0, 0.05) is 11.3 Å². The zero-order chi connectivity index (χ0) is 11.4. The molecule has 5 heteroatoms. The van der Waals surface area contributed by atoms with Crippen molar-refractivity contribution in [1.82, 2.24) is 9.36 Å². The van der Waals surface area contributed by atoms with E-state index in [1.54, 1.807) is 23.9 Å². The maximum atomic E-state index is 9.16. The van der Waals surface area contributed by atoms with E-state index < -0.39 is 0 Å². The SMILES string of the molecule is CCCc1nsc(Sc2ccc(O)cc2)n1. The van der Waals surface area contributed by atoms with Crippen LogP contribution in [0.15, 0.2) is 33.5 Å². The number of aryl methyl sites for hydroxylation is 1. The fourth-order valence-electron chi connectivity index (χ4n) is 1.22. The number of aromatic nitrogens is 2. The summed E-state index contributed by atoms with van der Waals surface area (Å²) >= 11 is 3.00. The number of nitrogens with zero attached hydrogens (tertiary/aromatic N) is 2. The number of phenolic OH excluding ortho intramolecular Hbond substituents is 1. The first-order valence-corrected chi connectivity index (χ1v) is 6.66. The molecule has 3 nitrogen and oxygen atoms in total. The molecule has 0 amide bonds. The average molecular weight is 252 g/mol. The lowest BCUT2D eigenvalue weighted by Gasteiger charge is -1.96. The van der Waals surface area contributed by atoms with Gasteiger partial charge in [-0.3, -0.25) is 0 Å². The van der Waals surface area contributed by atoms with Gasteiger partial charge in [0.1, 0.15) is 11.6 Å². The summed E-state index contributed by atoms with van der Waals surface area (Å²) in [6.07, 6.45) is 2.01. The van der Waals surface area contributed by atoms with Crippen LogP contribution in [0.2, 0.25) is 0 Å². The first kappa shape index (κ1) is 11.4. The van der Waals surface area contributed by atoms with Gasteiger partial charge in [0.25, 0.3) is 0 Å². The van der Waals surface area contributed by atoms with Crippen LogP contribution in [0.3, 0.4) is 0 Å². The van der Waals surface area contributed by atoms with E-state index in [1.807, 2.05) is 12.1 Å². The number of phenols is 1. The molecule has 0 aliphatic heterocycles. The predicted octanol–water partition coefficient (Wildman–Crippen LogP) is 3.35. The van der Waals surface area contributed by atoms with Crippen molar-refractivity contribution in [2.45, 2.75) is 29.0 Å². The van der Waals surface area contributed by atoms with Crippen molar-refractivity contribution in [2.75, 3.05) is 0 Å². The molecule has 0 unspecified atom stereocenters. The average Bonchev–Trinajstić information content (AvgIpc) is 2.70. The molecule has 0 radical (unpaired) electrons. The van der Waals surface area contributed by atoms with Crippen LogP contribution in [0.1, 0.15) is 19.2 Å². The molecule has 0 spiro atoms. The first-order valence-electron chi connectivity index (χ1n) is 5.07. The van der Waals surface area contributed by atoms with Crippen LogP contribution < -0.4 is 0 Å². The van der Waals surface area contributed by atoms with Crippen LogP contribution in [0.25, 0.3) is 0 Å². The van der Waals surface area contributed by atoms with E-state index in [1.165, 1.54) is 11.5 Å². The first-order chi connectivity index (χ1) is 7.78. The molecule has 0 saturated heterocycles. The third-order valence-electron chi connectivity index (χ3n) is 1.96. The standard InChI is InChI=1S/C11H12N2OS2/c1-2-3-10-12-11(16-13-10)15-9-6-4-8(14)5-7-9/h4-7,14H,2-3H2,1H3. The molecule has 0 saturated carbocycles. The molecule has 1 aromatic carbocycles. The Morgan fingerprint density at radius 3 is 2.75 bits per heavy atom. The van der Waals surface area contributed by atoms with E-state index in [0.717, 1.165) is 27.9 Å². The lowest BCUT2D eigenvalue weighted by molar-refractivity contribution is 0.475. The summed E-state index contributed by atoms with van der Waals surface area (Å²) in [7, 11) is 0. The molecule has 84 valence electrons. The van der Waals surface area contributed by atoms with E-state index in [0.29, 0.717) is 0 Å².